The lowest BCUT2D eigenvalue weighted by molar-refractivity contribution is -0.167. The normalized spacial score (nSPS) is 22.8. The van der Waals surface area contributed by atoms with Crippen LogP contribution in [-0.2, 0) is 27.4 Å². The molecule has 0 bridgehead atoms. The summed E-state index contributed by atoms with van der Waals surface area (Å²) in [6.45, 7) is 1.12. The van der Waals surface area contributed by atoms with Gasteiger partial charge >= 0.3 is 0 Å². The highest BCUT2D eigenvalue weighted by molar-refractivity contribution is 5.86. The van der Waals surface area contributed by atoms with Crippen LogP contribution in [0.15, 0.2) is 54.6 Å². The molecule has 0 aromatic heterocycles. The highest BCUT2D eigenvalue weighted by atomic mass is 16.5. The Hall–Kier alpha value is -2.66. The largest absolute Gasteiger partial charge is 0.356 e. The third-order valence-electron chi connectivity index (χ3n) is 5.02. The average molecular weight is 336 g/mol. The summed E-state index contributed by atoms with van der Waals surface area (Å²) < 4.78 is 5.72. The van der Waals surface area contributed by atoms with E-state index in [4.69, 9.17) is 4.74 Å². The molecule has 128 valence electrons. The molecule has 2 amide bonds. The maximum Gasteiger partial charge on any atom is 0.254 e. The van der Waals surface area contributed by atoms with Crippen LogP contribution in [0, 0.1) is 0 Å². The smallest absolute Gasteiger partial charge is 0.254 e. The van der Waals surface area contributed by atoms with Crippen LogP contribution < -0.4 is 0 Å². The number of hydrogen-bond acceptors (Lipinski definition) is 3. The van der Waals surface area contributed by atoms with Gasteiger partial charge in [-0.05, 0) is 16.7 Å². The minimum absolute atomic E-state index is 0.0585. The van der Waals surface area contributed by atoms with E-state index in [0.29, 0.717) is 13.1 Å². The molecule has 2 atom stereocenters. The molecule has 5 heteroatoms. The molecule has 0 aliphatic carbocycles. The molecule has 0 saturated carbocycles. The van der Waals surface area contributed by atoms with Crippen molar-refractivity contribution < 1.29 is 14.3 Å². The summed E-state index contributed by atoms with van der Waals surface area (Å²) in [7, 11) is 1.74. The van der Waals surface area contributed by atoms with E-state index in [1.54, 1.807) is 11.9 Å². The van der Waals surface area contributed by atoms with Crippen molar-refractivity contribution in [3.8, 4) is 0 Å². The number of ether oxygens (including phenoxy) is 1. The molecule has 1 fully saturated rings. The average Bonchev–Trinajstić information content (AvgIpc) is 3.08. The molecule has 4 rings (SSSR count). The zero-order chi connectivity index (χ0) is 17.4. The third kappa shape index (κ3) is 2.81. The number of amides is 2. The number of rotatable bonds is 2. The summed E-state index contributed by atoms with van der Waals surface area (Å²) in [4.78, 5) is 28.7. The van der Waals surface area contributed by atoms with Gasteiger partial charge in [0.15, 0.2) is 6.10 Å². The number of fused-ring (bicyclic) bond motifs is 1. The lowest BCUT2D eigenvalue weighted by Crippen LogP contribution is -2.53. The van der Waals surface area contributed by atoms with Crippen LogP contribution in [0.1, 0.15) is 22.7 Å². The van der Waals surface area contributed by atoms with Gasteiger partial charge < -0.3 is 14.5 Å². The molecule has 2 aromatic rings. The number of benzene rings is 2. The van der Waals surface area contributed by atoms with Gasteiger partial charge in [0.1, 0.15) is 6.61 Å². The van der Waals surface area contributed by atoms with E-state index in [-0.39, 0.29) is 18.4 Å². The number of likely N-dealkylation sites (N-methyl/N-ethyl adjacent to an activating group) is 1. The van der Waals surface area contributed by atoms with Gasteiger partial charge in [-0.15, -0.1) is 0 Å². The van der Waals surface area contributed by atoms with Crippen molar-refractivity contribution in [1.29, 1.82) is 0 Å². The Morgan fingerprint density at radius 1 is 1.00 bits per heavy atom. The van der Waals surface area contributed by atoms with Crippen molar-refractivity contribution in [2.24, 2.45) is 0 Å². The number of nitrogens with zero attached hydrogens (tertiary/aromatic N) is 2. The second kappa shape index (κ2) is 6.33. The first-order valence-electron chi connectivity index (χ1n) is 8.43. The number of morpholine rings is 1. The van der Waals surface area contributed by atoms with Gasteiger partial charge in [-0.2, -0.15) is 0 Å². The fourth-order valence-corrected chi connectivity index (χ4v) is 3.64. The Morgan fingerprint density at radius 2 is 1.60 bits per heavy atom. The maximum atomic E-state index is 13.2. The van der Waals surface area contributed by atoms with Gasteiger partial charge in [0, 0.05) is 20.1 Å². The molecule has 0 N–H and O–H groups in total. The van der Waals surface area contributed by atoms with Crippen LogP contribution in [0.2, 0.25) is 0 Å². The molecule has 2 aliphatic heterocycles. The monoisotopic (exact) mass is 336 g/mol. The molecule has 1 saturated heterocycles. The summed E-state index contributed by atoms with van der Waals surface area (Å²) in [5.74, 6) is -0.174. The minimum Gasteiger partial charge on any atom is -0.356 e. The highest BCUT2D eigenvalue weighted by Crippen LogP contribution is 2.32. The Kier molecular flexibility index (Phi) is 4.01. The topological polar surface area (TPSA) is 49.9 Å². The van der Waals surface area contributed by atoms with Gasteiger partial charge in [0.05, 0.1) is 6.04 Å². The van der Waals surface area contributed by atoms with E-state index in [1.807, 2.05) is 47.4 Å². The molecule has 2 heterocycles. The van der Waals surface area contributed by atoms with Crippen molar-refractivity contribution in [2.75, 3.05) is 13.7 Å². The predicted octanol–water partition coefficient (Wildman–Crippen LogP) is 2.13. The summed E-state index contributed by atoms with van der Waals surface area (Å²) in [6.07, 6.45) is -0.681. The molecule has 0 spiro atoms. The molecule has 2 aromatic carbocycles. The van der Waals surface area contributed by atoms with Crippen LogP contribution in [0.5, 0.6) is 0 Å². The Balaban J connectivity index is 1.61. The van der Waals surface area contributed by atoms with Crippen molar-refractivity contribution in [3.63, 3.8) is 0 Å². The first-order chi connectivity index (χ1) is 12.1. The van der Waals surface area contributed by atoms with Crippen LogP contribution in [0.3, 0.4) is 0 Å². The molecule has 0 radical (unpaired) electrons. The first-order valence-corrected chi connectivity index (χ1v) is 8.43. The van der Waals surface area contributed by atoms with E-state index in [9.17, 15) is 9.59 Å². The number of carbonyl (C=O) groups excluding carboxylic acids is 2. The van der Waals surface area contributed by atoms with Crippen molar-refractivity contribution in [3.05, 3.63) is 71.3 Å². The van der Waals surface area contributed by atoms with Crippen LogP contribution in [-0.4, -0.2) is 41.4 Å². The Labute approximate surface area is 146 Å². The first kappa shape index (κ1) is 15.8. The van der Waals surface area contributed by atoms with Gasteiger partial charge in [0.2, 0.25) is 5.91 Å². The van der Waals surface area contributed by atoms with Gasteiger partial charge in [-0.1, -0.05) is 54.6 Å². The fraction of sp³-hybridized carbons (Fsp3) is 0.300. The van der Waals surface area contributed by atoms with Crippen LogP contribution in [0.4, 0.5) is 0 Å². The van der Waals surface area contributed by atoms with E-state index < -0.39 is 12.1 Å². The fourth-order valence-electron chi connectivity index (χ4n) is 3.64. The Morgan fingerprint density at radius 3 is 2.24 bits per heavy atom. The lowest BCUT2D eigenvalue weighted by Gasteiger charge is -2.39. The minimum atomic E-state index is -0.681. The summed E-state index contributed by atoms with van der Waals surface area (Å²) >= 11 is 0. The Bertz CT molecular complexity index is 781. The second-order valence-corrected chi connectivity index (χ2v) is 6.55. The summed E-state index contributed by atoms with van der Waals surface area (Å²) in [6, 6.07) is 17.3. The number of hydrogen-bond donors (Lipinski definition) is 0. The van der Waals surface area contributed by atoms with Gasteiger partial charge in [-0.25, -0.2) is 0 Å². The quantitative estimate of drug-likeness (QED) is 0.844. The molecular formula is C20H20N2O3. The van der Waals surface area contributed by atoms with E-state index in [1.165, 1.54) is 11.1 Å². The number of carbonyl (C=O) groups is 2. The van der Waals surface area contributed by atoms with Crippen LogP contribution >= 0.6 is 0 Å². The standard InChI is InChI=1S/C20H20N2O3/c1-21-17(23)13-25-19(18(21)14-7-3-2-4-8-14)20(24)22-11-15-9-5-6-10-16(15)12-22/h2-10,18-19H,11-13H2,1H3. The van der Waals surface area contributed by atoms with Gasteiger partial charge in [0.25, 0.3) is 5.91 Å². The summed E-state index contributed by atoms with van der Waals surface area (Å²) in [5, 5.41) is 0. The molecular weight excluding hydrogens is 316 g/mol. The highest BCUT2D eigenvalue weighted by Gasteiger charge is 2.42. The molecule has 2 aliphatic rings. The maximum absolute atomic E-state index is 13.2. The predicted molar refractivity (Wildman–Crippen MR) is 92.4 cm³/mol. The van der Waals surface area contributed by atoms with Crippen LogP contribution in [0.25, 0.3) is 0 Å². The van der Waals surface area contributed by atoms with Crippen molar-refractivity contribution >= 4 is 11.8 Å². The van der Waals surface area contributed by atoms with Crippen molar-refractivity contribution in [2.45, 2.75) is 25.2 Å². The molecule has 2 unspecified atom stereocenters. The molecule has 5 nitrogen and oxygen atoms in total. The summed E-state index contributed by atoms with van der Waals surface area (Å²) in [5.41, 5.74) is 3.26. The van der Waals surface area contributed by atoms with E-state index in [0.717, 1.165) is 5.56 Å². The third-order valence-corrected chi connectivity index (χ3v) is 5.02. The second-order valence-electron chi connectivity index (χ2n) is 6.55. The van der Waals surface area contributed by atoms with Crippen molar-refractivity contribution in [1.82, 2.24) is 9.80 Å². The zero-order valence-electron chi connectivity index (χ0n) is 14.1. The van der Waals surface area contributed by atoms with E-state index in [2.05, 4.69) is 12.1 Å². The van der Waals surface area contributed by atoms with E-state index >= 15 is 0 Å². The lowest BCUT2D eigenvalue weighted by atomic mass is 9.97. The zero-order valence-corrected chi connectivity index (χ0v) is 14.1. The van der Waals surface area contributed by atoms with Gasteiger partial charge in [-0.3, -0.25) is 9.59 Å². The molecule has 25 heavy (non-hydrogen) atoms. The SMILES string of the molecule is CN1C(=O)COC(C(=O)N2Cc3ccccc3C2)C1c1ccccc1.